The second kappa shape index (κ2) is 16.0. The maximum atomic E-state index is 10.9. The summed E-state index contributed by atoms with van der Waals surface area (Å²) in [5, 5.41) is 19.9. The van der Waals surface area contributed by atoms with Gasteiger partial charge in [-0.05, 0) is 86.4 Å². The van der Waals surface area contributed by atoms with Crippen molar-refractivity contribution in [2.75, 3.05) is 93.2 Å². The molecule has 0 atom stereocenters. The molecule has 3 saturated heterocycles. The summed E-state index contributed by atoms with van der Waals surface area (Å²) in [7, 11) is 0.769. The fourth-order valence-electron chi connectivity index (χ4n) is 7.15. The highest BCUT2D eigenvalue weighted by atomic mass is 16.2. The van der Waals surface area contributed by atoms with E-state index in [0.29, 0.717) is 17.5 Å². The largest absolute Gasteiger partial charge is 0.437 e. The number of anilines is 3. The number of hydrogen-bond donors (Lipinski definition) is 2. The number of aromatic nitrogens is 3. The van der Waals surface area contributed by atoms with Gasteiger partial charge in [0.15, 0.2) is 17.5 Å². The molecular formula is C36H45B3N9O3. The molecule has 0 bridgehead atoms. The van der Waals surface area contributed by atoms with Crippen LogP contribution >= 0.6 is 0 Å². The molecule has 2 N–H and O–H groups in total. The van der Waals surface area contributed by atoms with Crippen LogP contribution in [0.2, 0.25) is 13.6 Å². The third-order valence-electron chi connectivity index (χ3n) is 10.4. The molecule has 3 aliphatic heterocycles. The monoisotopic (exact) mass is 684 g/mol. The number of benzene rings is 3. The first-order valence-electron chi connectivity index (χ1n) is 18.0. The lowest BCUT2D eigenvalue weighted by Crippen LogP contribution is -2.51. The number of nitrogens with zero attached hydrogens (tertiary/aromatic N) is 9. The number of carbonyl (C=O) groups excluding carboxylic acids is 1. The molecule has 1 aromatic heterocycles. The third kappa shape index (κ3) is 8.29. The summed E-state index contributed by atoms with van der Waals surface area (Å²) in [4.78, 5) is 39.1. The summed E-state index contributed by atoms with van der Waals surface area (Å²) < 4.78 is 0. The van der Waals surface area contributed by atoms with E-state index < -0.39 is 14.1 Å². The number of hydrogen-bond acceptors (Lipinski definition) is 12. The zero-order chi connectivity index (χ0) is 35.3. The highest BCUT2D eigenvalue weighted by Gasteiger charge is 2.24. The average molecular weight is 684 g/mol. The summed E-state index contributed by atoms with van der Waals surface area (Å²) in [6, 6.07) is 25.2. The van der Waals surface area contributed by atoms with Crippen LogP contribution < -0.4 is 14.7 Å². The SMILES string of the molecule is CB(O)N1CCN(c2ccc(-c3nc(-c4ccc(N5CCN([B]C=O)CC5)cc4)nc(-c4ccc(N5CCN(B(C)O)CC5)cc4)n3)cc2)CC1. The van der Waals surface area contributed by atoms with Crippen molar-refractivity contribution in [3.05, 3.63) is 72.8 Å². The Morgan fingerprint density at radius 1 is 0.510 bits per heavy atom. The molecule has 12 nitrogen and oxygen atoms in total. The van der Waals surface area contributed by atoms with Crippen LogP contribution in [-0.2, 0) is 4.79 Å². The molecule has 0 saturated carbocycles. The molecule has 7 rings (SSSR count). The van der Waals surface area contributed by atoms with Gasteiger partial charge in [-0.2, -0.15) is 0 Å². The van der Waals surface area contributed by atoms with E-state index in [1.807, 2.05) is 13.6 Å². The van der Waals surface area contributed by atoms with E-state index in [2.05, 4.69) is 102 Å². The first-order valence-corrected chi connectivity index (χ1v) is 18.0. The lowest BCUT2D eigenvalue weighted by Gasteiger charge is -2.36. The van der Waals surface area contributed by atoms with Crippen LogP contribution in [-0.4, -0.2) is 146 Å². The van der Waals surface area contributed by atoms with Crippen molar-refractivity contribution in [2.45, 2.75) is 13.6 Å². The molecule has 15 heteroatoms. The molecule has 0 unspecified atom stereocenters. The summed E-state index contributed by atoms with van der Waals surface area (Å²) in [5.74, 6) is 1.85. The number of carbonyl (C=O) groups is 1. The topological polar surface area (TPSA) is 116 Å². The van der Waals surface area contributed by atoms with E-state index >= 15 is 0 Å². The number of piperazine rings is 3. The van der Waals surface area contributed by atoms with Crippen molar-refractivity contribution < 1.29 is 14.8 Å². The van der Waals surface area contributed by atoms with Crippen LogP contribution in [0.15, 0.2) is 72.8 Å². The van der Waals surface area contributed by atoms with Gasteiger partial charge in [-0.1, -0.05) is 0 Å². The van der Waals surface area contributed by atoms with Crippen LogP contribution in [0, 0.1) is 0 Å². The van der Waals surface area contributed by atoms with E-state index in [1.54, 1.807) is 7.41 Å². The first-order chi connectivity index (χ1) is 24.8. The fourth-order valence-corrected chi connectivity index (χ4v) is 7.15. The number of rotatable bonds is 10. The Kier molecular flexibility index (Phi) is 11.0. The van der Waals surface area contributed by atoms with Crippen molar-refractivity contribution in [1.29, 1.82) is 0 Å². The van der Waals surface area contributed by atoms with Crippen molar-refractivity contribution in [3.63, 3.8) is 0 Å². The Morgan fingerprint density at radius 3 is 1.08 bits per heavy atom. The molecule has 0 aliphatic carbocycles. The first kappa shape index (κ1) is 35.2. The molecule has 3 aromatic carbocycles. The van der Waals surface area contributed by atoms with Gasteiger partial charge in [-0.25, -0.2) is 15.0 Å². The van der Waals surface area contributed by atoms with Crippen LogP contribution in [0.5, 0.6) is 0 Å². The van der Waals surface area contributed by atoms with Crippen LogP contribution in [0.1, 0.15) is 0 Å². The van der Waals surface area contributed by atoms with Gasteiger partial charge in [0.25, 0.3) is 7.41 Å². The Morgan fingerprint density at radius 2 is 0.804 bits per heavy atom. The van der Waals surface area contributed by atoms with Crippen molar-refractivity contribution >= 4 is 44.8 Å². The van der Waals surface area contributed by atoms with Gasteiger partial charge in [0.05, 0.1) is 6.19 Å². The van der Waals surface area contributed by atoms with E-state index in [1.165, 1.54) is 0 Å². The summed E-state index contributed by atoms with van der Waals surface area (Å²) >= 11 is 0. The summed E-state index contributed by atoms with van der Waals surface area (Å²) in [5.41, 5.74) is 6.17. The summed E-state index contributed by atoms with van der Waals surface area (Å²) in [6.07, 6.45) is 0.854. The second-order valence-electron chi connectivity index (χ2n) is 13.6. The minimum Gasteiger partial charge on any atom is -0.437 e. The fraction of sp³-hybridized carbons (Fsp3) is 0.389. The lowest BCUT2D eigenvalue weighted by molar-refractivity contribution is 0.344. The van der Waals surface area contributed by atoms with E-state index in [-0.39, 0.29) is 0 Å². The third-order valence-corrected chi connectivity index (χ3v) is 10.4. The van der Waals surface area contributed by atoms with Crippen LogP contribution in [0.25, 0.3) is 34.2 Å². The maximum Gasteiger partial charge on any atom is 0.376 e. The lowest BCUT2D eigenvalue weighted by atomic mass is 9.84. The highest BCUT2D eigenvalue weighted by Crippen LogP contribution is 2.29. The van der Waals surface area contributed by atoms with Crippen LogP contribution in [0.4, 0.5) is 17.1 Å². The average Bonchev–Trinajstić information content (AvgIpc) is 3.18. The second-order valence-corrected chi connectivity index (χ2v) is 13.6. The zero-order valence-electron chi connectivity index (χ0n) is 29.6. The molecule has 3 aliphatic rings. The molecule has 0 amide bonds. The maximum absolute atomic E-state index is 10.9. The Bertz CT molecular complexity index is 1650. The zero-order valence-corrected chi connectivity index (χ0v) is 29.6. The Balaban J connectivity index is 1.14. The standard InChI is InChI=1S/C36H45B3N9O3/c1-38(50)47-23-17-44(18-24-47)32-11-5-29(6-12-32)35-40-34(28-3-9-31(10-4-28)43-15-21-46(22-16-43)37-27-49)41-36(42-35)30-7-13-33(14-8-30)45-19-25-48(26-20-45)39(2)51/h3-14,27,50-51H,15-26H2,1-2H3. The minimum absolute atomic E-state index is 0.426. The summed E-state index contributed by atoms with van der Waals surface area (Å²) in [6.45, 7) is 13.7. The molecule has 0 spiro atoms. The van der Waals surface area contributed by atoms with E-state index in [9.17, 15) is 14.8 Å². The molecule has 261 valence electrons. The van der Waals surface area contributed by atoms with Gasteiger partial charge >= 0.3 is 14.1 Å². The molecule has 3 fully saturated rings. The van der Waals surface area contributed by atoms with Gasteiger partial charge in [0, 0.05) is 112 Å². The van der Waals surface area contributed by atoms with Gasteiger partial charge in [0.1, 0.15) is 0 Å². The highest BCUT2D eigenvalue weighted by molar-refractivity contribution is 6.64. The van der Waals surface area contributed by atoms with E-state index in [0.717, 1.165) is 118 Å². The van der Waals surface area contributed by atoms with Crippen molar-refractivity contribution in [3.8, 4) is 34.2 Å². The van der Waals surface area contributed by atoms with Crippen molar-refractivity contribution in [1.82, 2.24) is 29.4 Å². The molecule has 51 heavy (non-hydrogen) atoms. The predicted octanol–water partition coefficient (Wildman–Crippen LogP) is 2.27. The quantitative estimate of drug-likeness (QED) is 0.189. The minimum atomic E-state index is -0.426. The van der Waals surface area contributed by atoms with Crippen LogP contribution in [0.3, 0.4) is 0 Å². The van der Waals surface area contributed by atoms with Gasteiger partial charge in [-0.15, -0.1) is 0 Å². The van der Waals surface area contributed by atoms with Gasteiger partial charge in [0.2, 0.25) is 0 Å². The molecule has 4 heterocycles. The normalized spacial score (nSPS) is 17.8. The molecule has 4 aromatic rings. The molecular weight excluding hydrogens is 639 g/mol. The predicted molar refractivity (Wildman–Crippen MR) is 208 cm³/mol. The van der Waals surface area contributed by atoms with Gasteiger partial charge in [-0.3, -0.25) is 0 Å². The Labute approximate surface area is 302 Å². The van der Waals surface area contributed by atoms with Gasteiger partial charge < -0.3 is 44.0 Å². The van der Waals surface area contributed by atoms with E-state index in [4.69, 9.17) is 15.0 Å². The Hall–Kier alpha value is -4.27. The smallest absolute Gasteiger partial charge is 0.376 e. The molecule has 1 radical (unpaired) electrons. The van der Waals surface area contributed by atoms with Crippen molar-refractivity contribution in [2.24, 2.45) is 0 Å².